The smallest absolute Gasteiger partial charge is 0.227 e. The van der Waals surface area contributed by atoms with Crippen molar-refractivity contribution in [2.24, 2.45) is 0 Å². The van der Waals surface area contributed by atoms with Crippen LogP contribution in [-0.4, -0.2) is 69.8 Å². The van der Waals surface area contributed by atoms with Crippen LogP contribution in [0.15, 0.2) is 66.7 Å². The van der Waals surface area contributed by atoms with Crippen molar-refractivity contribution in [2.75, 3.05) is 54.1 Å². The third-order valence-electron chi connectivity index (χ3n) is 6.99. The fourth-order valence-corrected chi connectivity index (χ4v) is 4.67. The van der Waals surface area contributed by atoms with E-state index in [1.54, 1.807) is 21.3 Å². The van der Waals surface area contributed by atoms with E-state index in [-0.39, 0.29) is 12.0 Å². The highest BCUT2D eigenvalue weighted by molar-refractivity contribution is 5.79. The number of piperazine rings is 1. The Labute approximate surface area is 225 Å². The summed E-state index contributed by atoms with van der Waals surface area (Å²) in [6, 6.07) is 22.2. The van der Waals surface area contributed by atoms with E-state index in [1.165, 1.54) is 5.56 Å². The summed E-state index contributed by atoms with van der Waals surface area (Å²) in [5, 5.41) is 0. The van der Waals surface area contributed by atoms with E-state index in [0.717, 1.165) is 42.1 Å². The molecule has 1 fully saturated rings. The Morgan fingerprint density at radius 1 is 0.816 bits per heavy atom. The fourth-order valence-electron chi connectivity index (χ4n) is 4.67. The SMILES string of the molecule is COc1cccc(C(CN2CCN(C(=O)Cc3ccc(OC)c(OC)c3)CC2)OCc2ccc(C)cc2)c1. The Kier molecular flexibility index (Phi) is 9.62. The van der Waals surface area contributed by atoms with E-state index < -0.39 is 0 Å². The van der Waals surface area contributed by atoms with E-state index in [9.17, 15) is 4.79 Å². The van der Waals surface area contributed by atoms with Crippen molar-refractivity contribution >= 4 is 5.91 Å². The minimum atomic E-state index is -0.111. The molecule has 1 amide bonds. The van der Waals surface area contributed by atoms with Gasteiger partial charge in [-0.1, -0.05) is 48.0 Å². The van der Waals surface area contributed by atoms with E-state index in [0.29, 0.717) is 37.6 Å². The van der Waals surface area contributed by atoms with E-state index in [1.807, 2.05) is 41.3 Å². The lowest BCUT2D eigenvalue weighted by molar-refractivity contribution is -0.132. The number of rotatable bonds is 11. The summed E-state index contributed by atoms with van der Waals surface area (Å²) in [6.07, 6.45) is 0.229. The summed E-state index contributed by atoms with van der Waals surface area (Å²) in [5.41, 5.74) is 4.38. The van der Waals surface area contributed by atoms with Crippen LogP contribution in [0, 0.1) is 6.92 Å². The molecule has 38 heavy (non-hydrogen) atoms. The maximum Gasteiger partial charge on any atom is 0.227 e. The first-order chi connectivity index (χ1) is 18.5. The highest BCUT2D eigenvalue weighted by Crippen LogP contribution is 2.28. The van der Waals surface area contributed by atoms with Gasteiger partial charge in [-0.15, -0.1) is 0 Å². The van der Waals surface area contributed by atoms with Crippen LogP contribution < -0.4 is 14.2 Å². The van der Waals surface area contributed by atoms with Crippen molar-refractivity contribution in [3.8, 4) is 17.2 Å². The number of carbonyl (C=O) groups is 1. The molecule has 3 aromatic rings. The van der Waals surface area contributed by atoms with Gasteiger partial charge in [0.25, 0.3) is 0 Å². The summed E-state index contributed by atoms with van der Waals surface area (Å²) in [6.45, 7) is 6.34. The van der Waals surface area contributed by atoms with Crippen LogP contribution in [0.5, 0.6) is 17.2 Å². The molecule has 3 aromatic carbocycles. The minimum absolute atomic E-state index is 0.111. The lowest BCUT2D eigenvalue weighted by atomic mass is 10.1. The number of ether oxygens (including phenoxy) is 4. The molecular weight excluding hydrogens is 480 g/mol. The molecule has 1 aliphatic heterocycles. The molecule has 1 saturated heterocycles. The molecule has 0 saturated carbocycles. The zero-order chi connectivity index (χ0) is 26.9. The molecule has 0 radical (unpaired) electrons. The van der Waals surface area contributed by atoms with Crippen molar-refractivity contribution in [2.45, 2.75) is 26.1 Å². The van der Waals surface area contributed by atoms with Crippen LogP contribution in [0.4, 0.5) is 0 Å². The van der Waals surface area contributed by atoms with Crippen LogP contribution >= 0.6 is 0 Å². The van der Waals surface area contributed by atoms with Crippen LogP contribution in [0.25, 0.3) is 0 Å². The Morgan fingerprint density at radius 3 is 2.21 bits per heavy atom. The molecule has 0 aliphatic carbocycles. The number of amides is 1. The average molecular weight is 519 g/mol. The summed E-state index contributed by atoms with van der Waals surface area (Å²) in [5.74, 6) is 2.23. The quantitative estimate of drug-likeness (QED) is 0.368. The monoisotopic (exact) mass is 518 g/mol. The van der Waals surface area contributed by atoms with Gasteiger partial charge in [-0.3, -0.25) is 9.69 Å². The van der Waals surface area contributed by atoms with Crippen LogP contribution in [-0.2, 0) is 22.6 Å². The molecule has 0 N–H and O–H groups in total. The number of hydrogen-bond acceptors (Lipinski definition) is 6. The van der Waals surface area contributed by atoms with E-state index in [4.69, 9.17) is 18.9 Å². The minimum Gasteiger partial charge on any atom is -0.497 e. The molecule has 1 heterocycles. The van der Waals surface area contributed by atoms with Crippen molar-refractivity contribution in [1.29, 1.82) is 0 Å². The highest BCUT2D eigenvalue weighted by Gasteiger charge is 2.25. The second-order valence-electron chi connectivity index (χ2n) is 9.61. The maximum atomic E-state index is 13.0. The van der Waals surface area contributed by atoms with Gasteiger partial charge in [-0.05, 0) is 47.9 Å². The van der Waals surface area contributed by atoms with Gasteiger partial charge in [-0.2, -0.15) is 0 Å². The highest BCUT2D eigenvalue weighted by atomic mass is 16.5. The van der Waals surface area contributed by atoms with Gasteiger partial charge in [0.05, 0.1) is 40.5 Å². The van der Waals surface area contributed by atoms with Crippen LogP contribution in [0.2, 0.25) is 0 Å². The van der Waals surface area contributed by atoms with Gasteiger partial charge in [0.15, 0.2) is 11.5 Å². The maximum absolute atomic E-state index is 13.0. The topological polar surface area (TPSA) is 60.5 Å². The largest absolute Gasteiger partial charge is 0.497 e. The van der Waals surface area contributed by atoms with Crippen molar-refractivity contribution < 1.29 is 23.7 Å². The van der Waals surface area contributed by atoms with E-state index >= 15 is 0 Å². The predicted octanol–water partition coefficient (Wildman–Crippen LogP) is 4.67. The first kappa shape index (κ1) is 27.5. The molecule has 0 aromatic heterocycles. The third kappa shape index (κ3) is 7.27. The number of carbonyl (C=O) groups excluding carboxylic acids is 1. The predicted molar refractivity (Wildman–Crippen MR) is 148 cm³/mol. The molecule has 1 atom stereocenters. The number of aryl methyl sites for hydroxylation is 1. The first-order valence-corrected chi connectivity index (χ1v) is 13.0. The molecule has 202 valence electrons. The van der Waals surface area contributed by atoms with Crippen molar-refractivity contribution in [3.05, 3.63) is 89.0 Å². The van der Waals surface area contributed by atoms with Gasteiger partial charge in [0.2, 0.25) is 5.91 Å². The van der Waals surface area contributed by atoms with Gasteiger partial charge >= 0.3 is 0 Å². The second kappa shape index (κ2) is 13.3. The fraction of sp³-hybridized carbons (Fsp3) is 0.387. The summed E-state index contributed by atoms with van der Waals surface area (Å²) in [4.78, 5) is 17.3. The molecule has 4 rings (SSSR count). The number of nitrogens with zero attached hydrogens (tertiary/aromatic N) is 2. The molecule has 1 unspecified atom stereocenters. The second-order valence-corrected chi connectivity index (χ2v) is 9.61. The number of methoxy groups -OCH3 is 3. The molecule has 7 nitrogen and oxygen atoms in total. The average Bonchev–Trinajstić information content (AvgIpc) is 2.96. The Balaban J connectivity index is 1.36. The lowest BCUT2D eigenvalue weighted by Crippen LogP contribution is -2.50. The summed E-state index contributed by atoms with van der Waals surface area (Å²) in [7, 11) is 4.89. The molecule has 0 spiro atoms. The van der Waals surface area contributed by atoms with Gasteiger partial charge < -0.3 is 23.8 Å². The number of benzene rings is 3. The Morgan fingerprint density at radius 2 is 1.53 bits per heavy atom. The Hall–Kier alpha value is -3.55. The molecule has 1 aliphatic rings. The van der Waals surface area contributed by atoms with Crippen LogP contribution in [0.1, 0.15) is 28.4 Å². The van der Waals surface area contributed by atoms with Gasteiger partial charge in [0, 0.05) is 32.7 Å². The first-order valence-electron chi connectivity index (χ1n) is 13.0. The summed E-state index contributed by atoms with van der Waals surface area (Å²) < 4.78 is 22.6. The normalized spacial score (nSPS) is 14.7. The molecule has 0 bridgehead atoms. The van der Waals surface area contributed by atoms with Crippen molar-refractivity contribution in [1.82, 2.24) is 9.80 Å². The van der Waals surface area contributed by atoms with Crippen molar-refractivity contribution in [3.63, 3.8) is 0 Å². The molecular formula is C31H38N2O5. The third-order valence-corrected chi connectivity index (χ3v) is 6.99. The zero-order valence-electron chi connectivity index (χ0n) is 22.8. The Bertz CT molecular complexity index is 1190. The standard InChI is InChI=1S/C31H38N2O5/c1-23-8-10-24(11-9-23)22-38-30(26-6-5-7-27(20-26)35-2)21-32-14-16-33(17-15-32)31(34)19-25-12-13-28(36-3)29(18-25)37-4/h5-13,18,20,30H,14-17,19,21-22H2,1-4H3. The van der Waals surface area contributed by atoms with Crippen LogP contribution in [0.3, 0.4) is 0 Å². The lowest BCUT2D eigenvalue weighted by Gasteiger charge is -2.36. The zero-order valence-corrected chi connectivity index (χ0v) is 22.8. The van der Waals surface area contributed by atoms with E-state index in [2.05, 4.69) is 42.2 Å². The summed E-state index contributed by atoms with van der Waals surface area (Å²) >= 11 is 0. The number of hydrogen-bond donors (Lipinski definition) is 0. The molecule has 7 heteroatoms. The van der Waals surface area contributed by atoms with Gasteiger partial charge in [0.1, 0.15) is 5.75 Å². The van der Waals surface area contributed by atoms with Gasteiger partial charge in [-0.25, -0.2) is 0 Å².